The molecular weight excluding hydrogens is 977 g/mol. The third-order valence-electron chi connectivity index (χ3n) is 14.3. The quantitative estimate of drug-likeness (QED) is 0.0236. The number of rotatable bonds is 28. The Labute approximate surface area is 447 Å². The van der Waals surface area contributed by atoms with Gasteiger partial charge in [-0.15, -0.1) is 0 Å². The van der Waals surface area contributed by atoms with Crippen molar-refractivity contribution in [2.75, 3.05) is 54.9 Å². The lowest BCUT2D eigenvalue weighted by Crippen LogP contribution is -2.18. The van der Waals surface area contributed by atoms with E-state index in [2.05, 4.69) is 27.7 Å². The Bertz CT molecular complexity index is 2220. The van der Waals surface area contributed by atoms with E-state index in [9.17, 15) is 39.6 Å². The summed E-state index contributed by atoms with van der Waals surface area (Å²) in [6.45, 7) is 6.37. The van der Waals surface area contributed by atoms with Gasteiger partial charge in [-0.1, -0.05) is 105 Å². The smallest absolute Gasteiger partial charge is 0.343 e. The minimum absolute atomic E-state index is 0.166. The molecule has 1 aliphatic rings. The highest BCUT2D eigenvalue weighted by molar-refractivity contribution is 5.73. The second-order valence-electron chi connectivity index (χ2n) is 19.4. The summed E-state index contributed by atoms with van der Waals surface area (Å²) < 4.78 is 45.0. The average Bonchev–Trinajstić information content (AvgIpc) is 3.42. The summed E-state index contributed by atoms with van der Waals surface area (Å²) in [7, 11) is 5.00. The number of carbonyl (C=O) groups excluding carboxylic acids is 4. The first-order valence-electron chi connectivity index (χ1n) is 26.9. The van der Waals surface area contributed by atoms with Crippen LogP contribution in [0.1, 0.15) is 199 Å². The van der Waals surface area contributed by atoms with E-state index in [1.165, 1.54) is 52.7 Å². The van der Waals surface area contributed by atoms with Crippen molar-refractivity contribution in [1.29, 1.82) is 0 Å². The van der Waals surface area contributed by atoms with Gasteiger partial charge < -0.3 is 58.3 Å². The number of esters is 4. The van der Waals surface area contributed by atoms with Gasteiger partial charge in [-0.2, -0.15) is 0 Å². The van der Waals surface area contributed by atoms with Crippen molar-refractivity contribution in [3.63, 3.8) is 0 Å². The highest BCUT2D eigenvalue weighted by atomic mass is 16.6. The fraction of sp³-hybridized carbons (Fsp3) is 0.533. The van der Waals surface area contributed by atoms with Gasteiger partial charge in [-0.05, 0) is 49.9 Å². The van der Waals surface area contributed by atoms with E-state index in [1.807, 2.05) is 24.3 Å². The van der Waals surface area contributed by atoms with E-state index < -0.39 is 74.0 Å². The molecule has 0 saturated heterocycles. The maximum atomic E-state index is 12.8. The van der Waals surface area contributed by atoms with Crippen LogP contribution in [0, 0.1) is 0 Å². The van der Waals surface area contributed by atoms with E-state index in [4.69, 9.17) is 37.9 Å². The van der Waals surface area contributed by atoms with Gasteiger partial charge in [0.15, 0.2) is 26.4 Å². The van der Waals surface area contributed by atoms with Crippen LogP contribution in [-0.2, 0) is 38.1 Å². The SMILES string of the molecule is CCCCCC1c2cc(c(OCC(=O)OC)cc2O)C(CCCCC)c2cc(c(OCC(=O)OC)cc2O)C(CCCCC)c2cc(c(OCC(=O)OC)cc2O)C(CCCCC)c2cc1c(OCC(=O)OC)cc2O. The Morgan fingerprint density at radius 3 is 0.697 bits per heavy atom. The second kappa shape index (κ2) is 30.0. The standard InChI is InChI=1S/C60H80O16/c1-9-13-17-21-37-41-25-46(54(29-49(41)61)74-34-58(66)70-6)39(23-19-15-11-3)43-27-48(56(31-51(43)63)76-36-60(68)72-8)40(24-20-16-12-4)44-28-47(55(32-52(44)64)75-35-59(67)71-7)38(22-18-14-10-2)42-26-45(37)53(30-50(42)62)73-33-57(65)69-5/h25-32,37-40,61-64H,9-24,33-36H2,1-8H3. The van der Waals surface area contributed by atoms with Gasteiger partial charge in [0.2, 0.25) is 0 Å². The maximum absolute atomic E-state index is 12.8. The number of fused-ring (bicyclic) bond motifs is 8. The van der Waals surface area contributed by atoms with Crippen LogP contribution >= 0.6 is 0 Å². The lowest BCUT2D eigenvalue weighted by Gasteiger charge is -2.31. The van der Waals surface area contributed by atoms with E-state index in [1.54, 1.807) is 0 Å². The number of unbranched alkanes of at least 4 members (excludes halogenated alkanes) is 8. The van der Waals surface area contributed by atoms with Crippen LogP contribution in [0.5, 0.6) is 46.0 Å². The second-order valence-corrected chi connectivity index (χ2v) is 19.4. The monoisotopic (exact) mass is 1060 g/mol. The minimum atomic E-state index is -0.668. The molecule has 0 amide bonds. The summed E-state index contributed by atoms with van der Waals surface area (Å²) in [6, 6.07) is 13.3. The molecule has 0 aliphatic heterocycles. The van der Waals surface area contributed by atoms with E-state index in [-0.39, 0.29) is 46.0 Å². The van der Waals surface area contributed by atoms with Gasteiger partial charge in [-0.25, -0.2) is 19.2 Å². The van der Waals surface area contributed by atoms with Crippen LogP contribution in [0.2, 0.25) is 0 Å². The fourth-order valence-corrected chi connectivity index (χ4v) is 10.2. The topological polar surface area (TPSA) is 223 Å². The molecule has 416 valence electrons. The van der Waals surface area contributed by atoms with Gasteiger partial charge in [0.25, 0.3) is 0 Å². The van der Waals surface area contributed by atoms with Gasteiger partial charge in [-0.3, -0.25) is 0 Å². The molecule has 0 heterocycles. The van der Waals surface area contributed by atoms with Crippen molar-refractivity contribution in [2.24, 2.45) is 0 Å². The zero-order chi connectivity index (χ0) is 55.3. The number of ether oxygens (including phenoxy) is 8. The number of carbonyl (C=O) groups is 4. The Balaban J connectivity index is 2.08. The van der Waals surface area contributed by atoms with Crippen LogP contribution in [-0.4, -0.2) is 99.2 Å². The van der Waals surface area contributed by atoms with Crippen molar-refractivity contribution in [1.82, 2.24) is 0 Å². The van der Waals surface area contributed by atoms with Crippen LogP contribution in [0.4, 0.5) is 0 Å². The lowest BCUT2D eigenvalue weighted by molar-refractivity contribution is -0.143. The number of phenolic OH excluding ortho intramolecular Hbond substituents is 4. The molecule has 4 aromatic carbocycles. The largest absolute Gasteiger partial charge is 0.508 e. The van der Waals surface area contributed by atoms with Gasteiger partial charge in [0.05, 0.1) is 28.4 Å². The lowest BCUT2D eigenvalue weighted by atomic mass is 9.76. The van der Waals surface area contributed by atoms with Crippen LogP contribution in [0.25, 0.3) is 0 Å². The molecule has 16 heteroatoms. The third-order valence-corrected chi connectivity index (χ3v) is 14.3. The Kier molecular flexibility index (Phi) is 23.7. The normalized spacial score (nSPS) is 15.8. The number of aromatic hydroxyl groups is 4. The van der Waals surface area contributed by atoms with Crippen molar-refractivity contribution < 1.29 is 77.5 Å². The summed E-state index contributed by atoms with van der Waals surface area (Å²) in [5.74, 6) is -5.29. The first-order chi connectivity index (χ1) is 36.7. The summed E-state index contributed by atoms with van der Waals surface area (Å²) in [5.41, 5.74) is 3.98. The zero-order valence-electron chi connectivity index (χ0n) is 45.8. The third kappa shape index (κ3) is 15.6. The summed E-state index contributed by atoms with van der Waals surface area (Å²) in [5, 5.41) is 49.8. The van der Waals surface area contributed by atoms with Crippen molar-refractivity contribution in [2.45, 2.75) is 154 Å². The Hall–Kier alpha value is -6.84. The molecule has 1 aliphatic carbocycles. The number of hydrogen-bond donors (Lipinski definition) is 4. The van der Waals surface area contributed by atoms with Crippen LogP contribution in [0.3, 0.4) is 0 Å². The molecular formula is C60H80O16. The summed E-state index contributed by atoms with van der Waals surface area (Å²) in [6.07, 6.45) is 11.4. The van der Waals surface area contributed by atoms with E-state index in [0.29, 0.717) is 95.9 Å². The predicted molar refractivity (Wildman–Crippen MR) is 286 cm³/mol. The van der Waals surface area contributed by atoms with E-state index >= 15 is 0 Å². The first kappa shape index (κ1) is 60.0. The molecule has 4 atom stereocenters. The molecule has 5 rings (SSSR count). The average molecular weight is 1060 g/mol. The molecule has 16 nitrogen and oxygen atoms in total. The highest BCUT2D eigenvalue weighted by Gasteiger charge is 2.35. The molecule has 0 fully saturated rings. The fourth-order valence-electron chi connectivity index (χ4n) is 10.2. The van der Waals surface area contributed by atoms with Crippen LogP contribution < -0.4 is 18.9 Å². The molecule has 4 N–H and O–H groups in total. The Morgan fingerprint density at radius 2 is 0.526 bits per heavy atom. The first-order valence-corrected chi connectivity index (χ1v) is 26.9. The molecule has 4 aromatic rings. The number of benzene rings is 4. The Morgan fingerprint density at radius 1 is 0.329 bits per heavy atom. The van der Waals surface area contributed by atoms with Gasteiger partial charge in [0, 0.05) is 92.4 Å². The highest BCUT2D eigenvalue weighted by Crippen LogP contribution is 2.53. The van der Waals surface area contributed by atoms with Crippen molar-refractivity contribution >= 4 is 23.9 Å². The minimum Gasteiger partial charge on any atom is -0.508 e. The zero-order valence-corrected chi connectivity index (χ0v) is 45.8. The molecule has 0 saturated carbocycles. The predicted octanol–water partition coefficient (Wildman–Crippen LogP) is 11.9. The van der Waals surface area contributed by atoms with Crippen LogP contribution in [0.15, 0.2) is 48.5 Å². The van der Waals surface area contributed by atoms with Gasteiger partial charge >= 0.3 is 23.9 Å². The molecule has 76 heavy (non-hydrogen) atoms. The summed E-state index contributed by atoms with van der Waals surface area (Å²) in [4.78, 5) is 51.1. The van der Waals surface area contributed by atoms with Gasteiger partial charge in [0.1, 0.15) is 46.0 Å². The number of hydrogen-bond acceptors (Lipinski definition) is 16. The summed E-state index contributed by atoms with van der Waals surface area (Å²) >= 11 is 0. The maximum Gasteiger partial charge on any atom is 0.343 e. The molecule has 0 radical (unpaired) electrons. The molecule has 4 unspecified atom stereocenters. The van der Waals surface area contributed by atoms with Crippen molar-refractivity contribution in [3.8, 4) is 46.0 Å². The molecule has 8 bridgehead atoms. The molecule has 0 aromatic heterocycles. The number of methoxy groups -OCH3 is 4. The number of phenols is 4. The molecule has 0 spiro atoms. The van der Waals surface area contributed by atoms with Crippen molar-refractivity contribution in [3.05, 3.63) is 93.0 Å². The van der Waals surface area contributed by atoms with E-state index in [0.717, 1.165) is 51.4 Å².